The quantitative estimate of drug-likeness (QED) is 0.138. The van der Waals surface area contributed by atoms with Crippen LogP contribution in [-0.2, 0) is 16.0 Å². The number of carbonyl (C=O) groups is 2. The molecule has 2 N–H and O–H groups in total. The van der Waals surface area contributed by atoms with Crippen LogP contribution in [0.1, 0.15) is 41.5 Å². The molecule has 0 atom stereocenters. The molecular weight excluding hydrogens is 610 g/mol. The number of hydrogen-bond acceptors (Lipinski definition) is 9. The van der Waals surface area contributed by atoms with Crippen molar-refractivity contribution in [1.29, 1.82) is 0 Å². The first-order valence-electron chi connectivity index (χ1n) is 15.7. The second kappa shape index (κ2) is 14.2. The minimum Gasteiger partial charge on any atom is -0.494 e. The summed E-state index contributed by atoms with van der Waals surface area (Å²) in [5.74, 6) is 0.425. The fourth-order valence-electron chi connectivity index (χ4n) is 5.04. The summed E-state index contributed by atoms with van der Waals surface area (Å²) in [6.07, 6.45) is 4.33. The number of fused-ring (bicyclic) bond motifs is 1. The number of carbonyl (C=O) groups excluding carboxylic acids is 2. The number of nitrogens with two attached hydrogens (primary N) is 1. The lowest BCUT2D eigenvalue weighted by molar-refractivity contribution is 0.0303. The van der Waals surface area contributed by atoms with Gasteiger partial charge in [0.1, 0.15) is 17.0 Å². The van der Waals surface area contributed by atoms with E-state index >= 15 is 0 Å². The molecule has 0 aliphatic carbocycles. The first-order chi connectivity index (χ1) is 22.5. The molecule has 0 aliphatic rings. The van der Waals surface area contributed by atoms with E-state index in [4.69, 9.17) is 24.9 Å². The zero-order valence-corrected chi connectivity index (χ0v) is 29.4. The number of nitrogens with zero attached hydrogens (tertiary/aromatic N) is 6. The van der Waals surface area contributed by atoms with Gasteiger partial charge in [0.2, 0.25) is 5.95 Å². The summed E-state index contributed by atoms with van der Waals surface area (Å²) in [5, 5.41) is 0.999. The molecule has 12 nitrogen and oxygen atoms in total. The molecule has 0 bridgehead atoms. The fourth-order valence-corrected chi connectivity index (χ4v) is 5.04. The molecule has 0 aliphatic heterocycles. The van der Waals surface area contributed by atoms with Gasteiger partial charge in [-0.1, -0.05) is 24.3 Å². The molecule has 2 amide bonds. The van der Waals surface area contributed by atoms with E-state index in [9.17, 15) is 9.59 Å². The molecule has 4 aromatic rings. The SMILES string of the molecule is C=CCn1cc(-c2ccnc(N(C(=O)OC(C)(C)C)c3cc(N)c(N(C)CCN(C)C(=O)OC(C)(C)C)cc3OC)n2)c2ccccc21. The number of para-hydroxylation sites is 1. The Morgan fingerprint density at radius 3 is 2.27 bits per heavy atom. The third kappa shape index (κ3) is 8.36. The molecule has 0 unspecified atom stereocenters. The number of aromatic nitrogens is 3. The smallest absolute Gasteiger partial charge is 0.422 e. The molecule has 2 heterocycles. The largest absolute Gasteiger partial charge is 0.494 e. The first-order valence-corrected chi connectivity index (χ1v) is 15.7. The number of anilines is 4. The summed E-state index contributed by atoms with van der Waals surface area (Å²) in [7, 11) is 5.04. The number of amides is 2. The summed E-state index contributed by atoms with van der Waals surface area (Å²) < 4.78 is 19.2. The summed E-state index contributed by atoms with van der Waals surface area (Å²) >= 11 is 0. The molecule has 0 saturated heterocycles. The van der Waals surface area contributed by atoms with Crippen LogP contribution in [0.5, 0.6) is 5.75 Å². The maximum Gasteiger partial charge on any atom is 0.422 e. The summed E-state index contributed by atoms with van der Waals surface area (Å²) in [4.78, 5) is 40.4. The minimum atomic E-state index is -0.815. The van der Waals surface area contributed by atoms with E-state index in [1.807, 2.05) is 69.3 Å². The van der Waals surface area contributed by atoms with Gasteiger partial charge in [-0.05, 0) is 59.7 Å². The average molecular weight is 658 g/mol. The topological polar surface area (TPSA) is 128 Å². The van der Waals surface area contributed by atoms with Gasteiger partial charge in [-0.3, -0.25) is 0 Å². The van der Waals surface area contributed by atoms with Crippen LogP contribution in [0.4, 0.5) is 32.6 Å². The Morgan fingerprint density at radius 1 is 0.958 bits per heavy atom. The van der Waals surface area contributed by atoms with E-state index in [1.54, 1.807) is 52.2 Å². The van der Waals surface area contributed by atoms with Gasteiger partial charge in [-0.2, -0.15) is 0 Å². The number of likely N-dealkylation sites (N-methyl/N-ethyl adjacent to an activating group) is 2. The standard InChI is InChI=1S/C36H47N7O5/c1-11-18-42-23-25(24-14-12-13-15-28(24)42)27-16-17-38-32(39-27)43(34(45)48-36(5,6)7)30-21-26(37)29(22-31(30)46-10)40(8)19-20-41(9)33(44)47-35(2,3)4/h11-17,21-23H,1,18-20,37H2,2-10H3. The highest BCUT2D eigenvalue weighted by Gasteiger charge is 2.31. The van der Waals surface area contributed by atoms with Gasteiger partial charge in [-0.25, -0.2) is 24.5 Å². The Hall–Kier alpha value is -5.26. The number of hydrogen-bond donors (Lipinski definition) is 1. The summed E-state index contributed by atoms with van der Waals surface area (Å²) in [6, 6.07) is 13.2. The molecule has 0 spiro atoms. The van der Waals surface area contributed by atoms with Crippen LogP contribution in [0.25, 0.3) is 22.2 Å². The third-order valence-electron chi connectivity index (χ3n) is 7.27. The Bertz CT molecular complexity index is 1790. The monoisotopic (exact) mass is 657 g/mol. The molecule has 0 saturated carbocycles. The maximum absolute atomic E-state index is 13.9. The van der Waals surface area contributed by atoms with Gasteiger partial charge in [-0.15, -0.1) is 6.58 Å². The predicted octanol–water partition coefficient (Wildman–Crippen LogP) is 7.25. The zero-order chi connectivity index (χ0) is 35.4. The number of benzene rings is 2. The number of nitrogen functional groups attached to an aromatic ring is 1. The Morgan fingerprint density at radius 2 is 1.62 bits per heavy atom. The van der Waals surface area contributed by atoms with Crippen molar-refractivity contribution in [2.75, 3.05) is 49.8 Å². The fraction of sp³-hybridized carbons (Fsp3) is 0.389. The van der Waals surface area contributed by atoms with Crippen molar-refractivity contribution in [1.82, 2.24) is 19.4 Å². The molecular formula is C36H47N7O5. The van der Waals surface area contributed by atoms with Crippen molar-refractivity contribution < 1.29 is 23.8 Å². The maximum atomic E-state index is 13.9. The van der Waals surface area contributed by atoms with Crippen molar-refractivity contribution >= 4 is 46.1 Å². The van der Waals surface area contributed by atoms with Crippen LogP contribution in [0.15, 0.2) is 67.5 Å². The first kappa shape index (κ1) is 35.6. The minimum absolute atomic E-state index is 0.0834. The second-order valence-electron chi connectivity index (χ2n) is 13.5. The van der Waals surface area contributed by atoms with Gasteiger partial charge in [0.25, 0.3) is 0 Å². The Kier molecular flexibility index (Phi) is 10.6. The molecule has 12 heteroatoms. The molecule has 0 fully saturated rings. The number of rotatable bonds is 10. The number of methoxy groups -OCH3 is 1. The predicted molar refractivity (Wildman–Crippen MR) is 191 cm³/mol. The van der Waals surface area contributed by atoms with Crippen molar-refractivity contribution in [2.45, 2.75) is 59.3 Å². The highest BCUT2D eigenvalue weighted by molar-refractivity contribution is 5.99. The van der Waals surface area contributed by atoms with Crippen molar-refractivity contribution in [3.63, 3.8) is 0 Å². The van der Waals surface area contributed by atoms with Crippen molar-refractivity contribution in [2.24, 2.45) is 0 Å². The zero-order valence-electron chi connectivity index (χ0n) is 29.4. The molecule has 4 rings (SSSR count). The lowest BCUT2D eigenvalue weighted by atomic mass is 10.1. The normalized spacial score (nSPS) is 11.6. The van der Waals surface area contributed by atoms with Crippen LogP contribution in [0.3, 0.4) is 0 Å². The van der Waals surface area contributed by atoms with Crippen LogP contribution >= 0.6 is 0 Å². The van der Waals surface area contributed by atoms with Crippen LogP contribution in [0, 0.1) is 0 Å². The van der Waals surface area contributed by atoms with Gasteiger partial charge in [0, 0.05) is 68.7 Å². The Balaban J connectivity index is 1.74. The summed E-state index contributed by atoms with van der Waals surface area (Å²) in [5.41, 5.74) is 9.04. The van der Waals surface area contributed by atoms with E-state index in [-0.39, 0.29) is 5.95 Å². The van der Waals surface area contributed by atoms with Crippen LogP contribution < -0.4 is 20.3 Å². The number of ether oxygens (including phenoxy) is 3. The molecule has 2 aromatic heterocycles. The average Bonchev–Trinajstić information content (AvgIpc) is 3.37. The highest BCUT2D eigenvalue weighted by atomic mass is 16.6. The lowest BCUT2D eigenvalue weighted by Crippen LogP contribution is -2.38. The molecule has 2 aromatic carbocycles. The van der Waals surface area contributed by atoms with E-state index in [2.05, 4.69) is 16.1 Å². The lowest BCUT2D eigenvalue weighted by Gasteiger charge is -2.29. The second-order valence-corrected chi connectivity index (χ2v) is 13.5. The Labute approximate surface area is 282 Å². The van der Waals surface area contributed by atoms with E-state index in [0.29, 0.717) is 48.1 Å². The van der Waals surface area contributed by atoms with Gasteiger partial charge in [0.15, 0.2) is 0 Å². The molecule has 48 heavy (non-hydrogen) atoms. The van der Waals surface area contributed by atoms with Gasteiger partial charge >= 0.3 is 12.2 Å². The van der Waals surface area contributed by atoms with Crippen LogP contribution in [-0.4, -0.2) is 77.1 Å². The van der Waals surface area contributed by atoms with Crippen molar-refractivity contribution in [3.8, 4) is 17.0 Å². The third-order valence-corrected chi connectivity index (χ3v) is 7.27. The molecule has 0 radical (unpaired) electrons. The van der Waals surface area contributed by atoms with E-state index in [0.717, 1.165) is 16.5 Å². The van der Waals surface area contributed by atoms with Crippen molar-refractivity contribution in [3.05, 3.63) is 67.5 Å². The molecule has 256 valence electrons. The summed E-state index contributed by atoms with van der Waals surface area (Å²) in [6.45, 7) is 16.2. The van der Waals surface area contributed by atoms with Crippen LogP contribution in [0.2, 0.25) is 0 Å². The van der Waals surface area contributed by atoms with E-state index < -0.39 is 23.4 Å². The number of allylic oxidation sites excluding steroid dienone is 1. The van der Waals surface area contributed by atoms with Gasteiger partial charge < -0.3 is 34.3 Å². The van der Waals surface area contributed by atoms with Gasteiger partial charge in [0.05, 0.1) is 29.9 Å². The van der Waals surface area contributed by atoms with E-state index in [1.165, 1.54) is 16.9 Å². The highest BCUT2D eigenvalue weighted by Crippen LogP contribution is 2.41.